The number of hydrogen-bond acceptors (Lipinski definition) is 4. The molecule has 0 saturated carbocycles. The van der Waals surface area contributed by atoms with Crippen LogP contribution in [0.1, 0.15) is 61.5 Å². The van der Waals surface area contributed by atoms with Gasteiger partial charge in [0, 0.05) is 25.2 Å². The first-order valence-corrected chi connectivity index (χ1v) is 9.84. The standard InChI is InChI=1S/C21H28N4O2.ClH/c1-13(2)14-4-8-17(9-5-14)25-12-19(26)20(23-25)21(27)24(3)18-10-15-6-7-16(11-18)22-15;/h4-5,8-9,12-13,15-16,18,22,26H,6-7,10-11H2,1-3H3;1H. The van der Waals surface area contributed by atoms with E-state index in [0.29, 0.717) is 18.0 Å². The first-order chi connectivity index (χ1) is 12.9. The minimum atomic E-state index is -0.212. The van der Waals surface area contributed by atoms with E-state index >= 15 is 0 Å². The molecule has 2 aliphatic rings. The van der Waals surface area contributed by atoms with Crippen molar-refractivity contribution in [1.29, 1.82) is 0 Å². The van der Waals surface area contributed by atoms with Gasteiger partial charge in [-0.15, -0.1) is 12.4 Å². The summed E-state index contributed by atoms with van der Waals surface area (Å²) in [5.74, 6) is 0.171. The molecule has 28 heavy (non-hydrogen) atoms. The maximum absolute atomic E-state index is 13.0. The fourth-order valence-corrected chi connectivity index (χ4v) is 4.34. The summed E-state index contributed by atoms with van der Waals surface area (Å²) in [4.78, 5) is 14.7. The molecule has 2 aliphatic heterocycles. The third-order valence-electron chi connectivity index (χ3n) is 6.04. The summed E-state index contributed by atoms with van der Waals surface area (Å²) in [7, 11) is 1.83. The topological polar surface area (TPSA) is 70.4 Å². The fraction of sp³-hybridized carbons (Fsp3) is 0.524. The molecular weight excluding hydrogens is 376 g/mol. The molecule has 2 N–H and O–H groups in total. The van der Waals surface area contributed by atoms with E-state index in [1.54, 1.807) is 9.58 Å². The normalized spacial score (nSPS) is 23.5. The molecule has 2 saturated heterocycles. The molecule has 4 rings (SSSR count). The lowest BCUT2D eigenvalue weighted by molar-refractivity contribution is 0.0672. The van der Waals surface area contributed by atoms with E-state index in [1.165, 1.54) is 24.6 Å². The Hall–Kier alpha value is -2.05. The number of hydrogen-bond donors (Lipinski definition) is 2. The lowest BCUT2D eigenvalue weighted by atomic mass is 9.98. The highest BCUT2D eigenvalue weighted by atomic mass is 35.5. The van der Waals surface area contributed by atoms with Crippen LogP contribution in [-0.4, -0.2) is 50.9 Å². The molecule has 152 valence electrons. The Labute approximate surface area is 172 Å². The van der Waals surface area contributed by atoms with Crippen LogP contribution in [0.5, 0.6) is 5.75 Å². The van der Waals surface area contributed by atoms with Gasteiger partial charge in [-0.1, -0.05) is 26.0 Å². The number of benzene rings is 1. The number of aromatic hydroxyl groups is 1. The molecule has 0 radical (unpaired) electrons. The minimum Gasteiger partial charge on any atom is -0.504 e. The first kappa shape index (κ1) is 20.7. The van der Waals surface area contributed by atoms with Gasteiger partial charge in [0.25, 0.3) is 5.91 Å². The van der Waals surface area contributed by atoms with Gasteiger partial charge in [0.2, 0.25) is 0 Å². The Balaban J connectivity index is 0.00000225. The fourth-order valence-electron chi connectivity index (χ4n) is 4.34. The molecule has 1 aromatic heterocycles. The number of aromatic nitrogens is 2. The van der Waals surface area contributed by atoms with E-state index in [2.05, 4.69) is 36.4 Å². The molecule has 1 amide bonds. The zero-order valence-electron chi connectivity index (χ0n) is 16.6. The van der Waals surface area contributed by atoms with Gasteiger partial charge in [-0.25, -0.2) is 4.68 Å². The van der Waals surface area contributed by atoms with Crippen molar-refractivity contribution in [2.24, 2.45) is 0 Å². The largest absolute Gasteiger partial charge is 0.504 e. The number of rotatable bonds is 4. The highest BCUT2D eigenvalue weighted by molar-refractivity contribution is 5.94. The van der Waals surface area contributed by atoms with Gasteiger partial charge in [0.1, 0.15) is 0 Å². The van der Waals surface area contributed by atoms with Gasteiger partial charge in [0.05, 0.1) is 11.9 Å². The molecular formula is C21H29ClN4O2. The van der Waals surface area contributed by atoms with Crippen molar-refractivity contribution in [2.75, 3.05) is 7.05 Å². The number of amides is 1. The molecule has 2 unspecified atom stereocenters. The maximum atomic E-state index is 13.0. The van der Waals surface area contributed by atoms with Gasteiger partial charge in [-0.2, -0.15) is 5.10 Å². The van der Waals surface area contributed by atoms with Gasteiger partial charge in [0.15, 0.2) is 11.4 Å². The van der Waals surface area contributed by atoms with Crippen LogP contribution in [0, 0.1) is 0 Å². The monoisotopic (exact) mass is 404 g/mol. The number of nitrogens with zero attached hydrogens (tertiary/aromatic N) is 3. The van der Waals surface area contributed by atoms with E-state index in [0.717, 1.165) is 18.5 Å². The number of carbonyl (C=O) groups is 1. The van der Waals surface area contributed by atoms with Crippen LogP contribution in [0.3, 0.4) is 0 Å². The number of fused-ring (bicyclic) bond motifs is 2. The third-order valence-corrected chi connectivity index (χ3v) is 6.04. The summed E-state index contributed by atoms with van der Waals surface area (Å²) in [6.45, 7) is 4.29. The molecule has 1 aromatic carbocycles. The molecule has 3 heterocycles. The summed E-state index contributed by atoms with van der Waals surface area (Å²) in [5, 5.41) is 18.3. The van der Waals surface area contributed by atoms with Crippen LogP contribution in [0.2, 0.25) is 0 Å². The lowest BCUT2D eigenvalue weighted by Gasteiger charge is -2.35. The molecule has 2 aromatic rings. The predicted octanol–water partition coefficient (Wildman–Crippen LogP) is 3.48. The number of nitrogens with one attached hydrogen (secondary N) is 1. The van der Waals surface area contributed by atoms with Crippen molar-refractivity contribution in [3.05, 3.63) is 41.7 Å². The van der Waals surface area contributed by atoms with Crippen LogP contribution < -0.4 is 5.32 Å². The highest BCUT2D eigenvalue weighted by Crippen LogP contribution is 2.30. The minimum absolute atomic E-state index is 0. The average molecular weight is 405 g/mol. The second-order valence-corrected chi connectivity index (χ2v) is 8.23. The number of halogens is 1. The van der Waals surface area contributed by atoms with E-state index in [1.807, 2.05) is 19.2 Å². The quantitative estimate of drug-likeness (QED) is 0.818. The second-order valence-electron chi connectivity index (χ2n) is 8.23. The molecule has 2 fully saturated rings. The summed E-state index contributed by atoms with van der Waals surface area (Å²) in [6, 6.07) is 9.25. The summed E-state index contributed by atoms with van der Waals surface area (Å²) < 4.78 is 1.58. The van der Waals surface area contributed by atoms with Crippen molar-refractivity contribution < 1.29 is 9.90 Å². The van der Waals surface area contributed by atoms with Gasteiger partial charge in [-0.3, -0.25) is 4.79 Å². The van der Waals surface area contributed by atoms with Crippen molar-refractivity contribution in [2.45, 2.75) is 63.6 Å². The van der Waals surface area contributed by atoms with Gasteiger partial charge in [-0.05, 0) is 49.3 Å². The molecule has 7 heteroatoms. The zero-order chi connectivity index (χ0) is 19.1. The molecule has 0 spiro atoms. The van der Waals surface area contributed by atoms with Crippen molar-refractivity contribution in [3.8, 4) is 11.4 Å². The van der Waals surface area contributed by atoms with Crippen LogP contribution in [-0.2, 0) is 0 Å². The molecule has 2 atom stereocenters. The van der Waals surface area contributed by atoms with Crippen LogP contribution in [0.25, 0.3) is 5.69 Å². The smallest absolute Gasteiger partial charge is 0.278 e. The van der Waals surface area contributed by atoms with E-state index < -0.39 is 0 Å². The Morgan fingerprint density at radius 3 is 2.39 bits per heavy atom. The molecule has 0 aliphatic carbocycles. The van der Waals surface area contributed by atoms with Gasteiger partial charge < -0.3 is 15.3 Å². The van der Waals surface area contributed by atoms with E-state index in [-0.39, 0.29) is 35.8 Å². The van der Waals surface area contributed by atoms with Crippen LogP contribution >= 0.6 is 12.4 Å². The summed E-state index contributed by atoms with van der Waals surface area (Å²) >= 11 is 0. The van der Waals surface area contributed by atoms with Gasteiger partial charge >= 0.3 is 0 Å². The van der Waals surface area contributed by atoms with E-state index in [4.69, 9.17) is 0 Å². The van der Waals surface area contributed by atoms with Crippen LogP contribution in [0.15, 0.2) is 30.5 Å². The Morgan fingerprint density at radius 1 is 1.21 bits per heavy atom. The maximum Gasteiger partial charge on any atom is 0.278 e. The average Bonchev–Trinajstić information content (AvgIpc) is 3.22. The Kier molecular flexibility index (Phi) is 6.01. The summed E-state index contributed by atoms with van der Waals surface area (Å²) in [6.07, 6.45) is 5.83. The Bertz CT molecular complexity index is 821. The second kappa shape index (κ2) is 8.13. The summed E-state index contributed by atoms with van der Waals surface area (Å²) in [5.41, 5.74) is 2.19. The predicted molar refractivity (Wildman–Crippen MR) is 112 cm³/mol. The van der Waals surface area contributed by atoms with Crippen molar-refractivity contribution in [3.63, 3.8) is 0 Å². The first-order valence-electron chi connectivity index (χ1n) is 9.84. The number of piperidine rings is 1. The lowest BCUT2D eigenvalue weighted by Crippen LogP contribution is -2.48. The van der Waals surface area contributed by atoms with Crippen molar-refractivity contribution >= 4 is 18.3 Å². The van der Waals surface area contributed by atoms with Crippen LogP contribution in [0.4, 0.5) is 0 Å². The SMILES string of the molecule is CC(C)c1ccc(-n2cc(O)c(C(=O)N(C)C3CC4CCC(C3)N4)n2)cc1.Cl. The van der Waals surface area contributed by atoms with E-state index in [9.17, 15) is 9.90 Å². The third kappa shape index (κ3) is 3.89. The zero-order valence-corrected chi connectivity index (χ0v) is 17.4. The van der Waals surface area contributed by atoms with Crippen molar-refractivity contribution in [1.82, 2.24) is 20.0 Å². The Morgan fingerprint density at radius 2 is 1.82 bits per heavy atom. The molecule has 2 bridgehead atoms. The number of carbonyl (C=O) groups excluding carboxylic acids is 1. The highest BCUT2D eigenvalue weighted by Gasteiger charge is 2.37. The molecule has 6 nitrogen and oxygen atoms in total.